The highest BCUT2D eigenvalue weighted by atomic mass is 16.5. The summed E-state index contributed by atoms with van der Waals surface area (Å²) in [6.07, 6.45) is 0.808. The summed E-state index contributed by atoms with van der Waals surface area (Å²) in [5, 5.41) is 13.5. The van der Waals surface area contributed by atoms with E-state index in [1.54, 1.807) is 19.1 Å². The van der Waals surface area contributed by atoms with Gasteiger partial charge in [0, 0.05) is 42.6 Å². The molecule has 258 valence electrons. The molecule has 0 fully saturated rings. The highest BCUT2D eigenvalue weighted by Crippen LogP contribution is 2.20. The van der Waals surface area contributed by atoms with Crippen LogP contribution in [0.25, 0.3) is 0 Å². The van der Waals surface area contributed by atoms with Gasteiger partial charge in [-0.25, -0.2) is 0 Å². The molecule has 10 N–H and O–H groups in total. The molecule has 0 bridgehead atoms. The molecule has 0 saturated carbocycles. The van der Waals surface area contributed by atoms with Crippen molar-refractivity contribution in [2.24, 2.45) is 44.0 Å². The number of ether oxygens (including phenoxy) is 3. The van der Waals surface area contributed by atoms with Crippen molar-refractivity contribution < 1.29 is 23.8 Å². The first-order chi connectivity index (χ1) is 21.3. The summed E-state index contributed by atoms with van der Waals surface area (Å²) in [6, 6.07) is 7.30. The van der Waals surface area contributed by atoms with E-state index in [1.807, 2.05) is 24.1 Å². The first kappa shape index (κ1) is 42.0. The largest absolute Gasteiger partial charge is 0.386 e. The minimum absolute atomic E-state index is 0.0907. The maximum atomic E-state index is 12.5. The van der Waals surface area contributed by atoms with Crippen molar-refractivity contribution in [2.75, 3.05) is 86.0 Å². The molecule has 1 aromatic carbocycles. The number of rotatable bonds is 23. The first-order valence-corrected chi connectivity index (χ1v) is 15.2. The third-order valence-electron chi connectivity index (χ3n) is 6.08. The van der Waals surface area contributed by atoms with E-state index in [4.69, 9.17) is 37.1 Å². The van der Waals surface area contributed by atoms with Crippen molar-refractivity contribution in [2.45, 2.75) is 41.2 Å². The molecule has 0 spiro atoms. The summed E-state index contributed by atoms with van der Waals surface area (Å²) >= 11 is 0. The standard InChI is InChI=1S/C24H41N7O3.C7H18N2O2/c1-18(26)29-30-22(27)20-8-6-19(7-9-20)12-28-21(33)13-31(10-11-32)15-24(4,5)17-34-16-23(2,3)14-25;1-9-3-5-11-7-6-10-4-2-8/h6-9,11H,10,12-17,25H2,1-5H3,(H2,26,29)(H2,27,30)(H,28,33);9H,2-8H2,1H3. The van der Waals surface area contributed by atoms with E-state index in [9.17, 15) is 9.59 Å². The summed E-state index contributed by atoms with van der Waals surface area (Å²) < 4.78 is 16.2. The zero-order valence-corrected chi connectivity index (χ0v) is 28.3. The Morgan fingerprint density at radius 1 is 0.933 bits per heavy atom. The quantitative estimate of drug-likeness (QED) is 0.0309. The number of aldehydes is 1. The maximum Gasteiger partial charge on any atom is 0.234 e. The normalized spacial score (nSPS) is 12.6. The Morgan fingerprint density at radius 2 is 1.56 bits per heavy atom. The average Bonchev–Trinajstić information content (AvgIpc) is 2.98. The van der Waals surface area contributed by atoms with Crippen LogP contribution >= 0.6 is 0 Å². The lowest BCUT2D eigenvalue weighted by atomic mass is 9.92. The van der Waals surface area contributed by atoms with Gasteiger partial charge in [0.25, 0.3) is 0 Å². The Morgan fingerprint density at radius 3 is 2.11 bits per heavy atom. The SMILES string of the molecule is C/C(N)=N/N=C(\N)c1ccc(CNC(=O)CN(CC=O)CC(C)(C)COCC(C)(C)CN)cc1.CNCCOCCOCCN. The molecule has 0 aromatic heterocycles. The molecule has 1 rings (SSSR count). The van der Waals surface area contributed by atoms with Gasteiger partial charge in [0.05, 0.1) is 52.7 Å². The summed E-state index contributed by atoms with van der Waals surface area (Å²) in [5.74, 6) is 0.404. The van der Waals surface area contributed by atoms with E-state index in [0.29, 0.717) is 70.6 Å². The number of nitrogens with two attached hydrogens (primary N) is 4. The number of amides is 1. The minimum Gasteiger partial charge on any atom is -0.386 e. The number of likely N-dealkylation sites (N-methyl/N-ethyl adjacent to an activating group) is 1. The Kier molecular flexibility index (Phi) is 22.7. The van der Waals surface area contributed by atoms with Crippen LogP contribution in [0.3, 0.4) is 0 Å². The van der Waals surface area contributed by atoms with Crippen LogP contribution in [0.1, 0.15) is 45.7 Å². The molecule has 1 aromatic rings. The van der Waals surface area contributed by atoms with Gasteiger partial charge in [-0.1, -0.05) is 52.0 Å². The van der Waals surface area contributed by atoms with E-state index >= 15 is 0 Å². The highest BCUT2D eigenvalue weighted by molar-refractivity contribution is 5.97. The van der Waals surface area contributed by atoms with E-state index in [2.05, 4.69) is 48.5 Å². The molecular formula is C31H59N9O5. The molecule has 0 heterocycles. The molecule has 0 saturated heterocycles. The van der Waals surface area contributed by atoms with Crippen LogP contribution in [0.15, 0.2) is 34.5 Å². The maximum absolute atomic E-state index is 12.5. The van der Waals surface area contributed by atoms with Crippen LogP contribution in [0.5, 0.6) is 0 Å². The molecule has 0 unspecified atom stereocenters. The van der Waals surface area contributed by atoms with E-state index in [-0.39, 0.29) is 35.7 Å². The molecule has 0 atom stereocenters. The molecule has 0 aliphatic carbocycles. The summed E-state index contributed by atoms with van der Waals surface area (Å²) in [5.41, 5.74) is 23.6. The number of amidine groups is 2. The van der Waals surface area contributed by atoms with E-state index < -0.39 is 0 Å². The predicted molar refractivity (Wildman–Crippen MR) is 181 cm³/mol. The van der Waals surface area contributed by atoms with Crippen LogP contribution in [-0.4, -0.2) is 115 Å². The van der Waals surface area contributed by atoms with Gasteiger partial charge in [0.2, 0.25) is 5.91 Å². The smallest absolute Gasteiger partial charge is 0.234 e. The molecule has 0 aliphatic heterocycles. The van der Waals surface area contributed by atoms with Gasteiger partial charge in [-0.3, -0.25) is 9.69 Å². The second kappa shape index (κ2) is 24.3. The lowest BCUT2D eigenvalue weighted by Gasteiger charge is -2.32. The lowest BCUT2D eigenvalue weighted by Crippen LogP contribution is -2.44. The van der Waals surface area contributed by atoms with Crippen molar-refractivity contribution in [3.8, 4) is 0 Å². The second-order valence-electron chi connectivity index (χ2n) is 12.2. The fourth-order valence-corrected chi connectivity index (χ4v) is 3.63. The fraction of sp³-hybridized carbons (Fsp3) is 0.677. The monoisotopic (exact) mass is 637 g/mol. The van der Waals surface area contributed by atoms with Crippen molar-refractivity contribution in [3.05, 3.63) is 35.4 Å². The third-order valence-corrected chi connectivity index (χ3v) is 6.08. The van der Waals surface area contributed by atoms with Gasteiger partial charge in [0.15, 0.2) is 5.84 Å². The number of hydrogen-bond acceptors (Lipinski definition) is 11. The van der Waals surface area contributed by atoms with Crippen molar-refractivity contribution in [1.29, 1.82) is 0 Å². The lowest BCUT2D eigenvalue weighted by molar-refractivity contribution is -0.123. The minimum atomic E-state index is -0.238. The topological polar surface area (TPSA) is 218 Å². The number of benzene rings is 1. The third kappa shape index (κ3) is 23.1. The van der Waals surface area contributed by atoms with Gasteiger partial charge < -0.3 is 52.6 Å². The van der Waals surface area contributed by atoms with Crippen molar-refractivity contribution in [1.82, 2.24) is 15.5 Å². The number of nitrogens with zero attached hydrogens (tertiary/aromatic N) is 3. The number of nitrogens with one attached hydrogen (secondary N) is 2. The molecule has 0 radical (unpaired) electrons. The predicted octanol–water partition coefficient (Wildman–Crippen LogP) is 0.0265. The van der Waals surface area contributed by atoms with Gasteiger partial charge in [-0.05, 0) is 26.1 Å². The van der Waals surface area contributed by atoms with Gasteiger partial charge in [-0.2, -0.15) is 0 Å². The van der Waals surface area contributed by atoms with E-state index in [0.717, 1.165) is 25.0 Å². The summed E-state index contributed by atoms with van der Waals surface area (Å²) in [6.45, 7) is 16.7. The number of hydrogen-bond donors (Lipinski definition) is 6. The first-order valence-electron chi connectivity index (χ1n) is 15.2. The van der Waals surface area contributed by atoms with Gasteiger partial charge in [-0.15, -0.1) is 10.2 Å². The van der Waals surface area contributed by atoms with Crippen LogP contribution in [0, 0.1) is 10.8 Å². The average molecular weight is 638 g/mol. The zero-order valence-electron chi connectivity index (χ0n) is 28.3. The molecule has 14 nitrogen and oxygen atoms in total. The fourth-order valence-electron chi connectivity index (χ4n) is 3.63. The number of carbonyl (C=O) groups is 2. The highest BCUT2D eigenvalue weighted by Gasteiger charge is 2.25. The van der Waals surface area contributed by atoms with E-state index in [1.165, 1.54) is 0 Å². The van der Waals surface area contributed by atoms with Crippen molar-refractivity contribution >= 4 is 23.9 Å². The Hall–Kier alpha value is -2.98. The number of carbonyl (C=O) groups excluding carboxylic acids is 2. The van der Waals surface area contributed by atoms with Crippen molar-refractivity contribution in [3.63, 3.8) is 0 Å². The molecular weight excluding hydrogens is 578 g/mol. The van der Waals surface area contributed by atoms with Gasteiger partial charge >= 0.3 is 0 Å². The zero-order chi connectivity index (χ0) is 34.1. The van der Waals surface area contributed by atoms with Crippen LogP contribution in [-0.2, 0) is 30.3 Å². The summed E-state index contributed by atoms with van der Waals surface area (Å²) in [7, 11) is 1.90. The van der Waals surface area contributed by atoms with Crippen LogP contribution in [0.2, 0.25) is 0 Å². The molecule has 1 amide bonds. The molecule has 0 aliphatic rings. The Labute approximate surface area is 269 Å². The molecule has 14 heteroatoms. The Bertz CT molecular complexity index is 990. The molecule has 45 heavy (non-hydrogen) atoms. The van der Waals surface area contributed by atoms with Gasteiger partial charge in [0.1, 0.15) is 12.1 Å². The Balaban J connectivity index is 0.00000149. The second-order valence-corrected chi connectivity index (χ2v) is 12.2. The summed E-state index contributed by atoms with van der Waals surface area (Å²) in [4.78, 5) is 25.5. The van der Waals surface area contributed by atoms with Crippen LogP contribution < -0.4 is 33.6 Å². The van der Waals surface area contributed by atoms with Crippen LogP contribution in [0.4, 0.5) is 0 Å².